The van der Waals surface area contributed by atoms with Crippen molar-refractivity contribution in [3.63, 3.8) is 0 Å². The van der Waals surface area contributed by atoms with Crippen LogP contribution in [0.4, 0.5) is 0 Å². The third-order valence-corrected chi connectivity index (χ3v) is 2.03. The first-order valence-corrected chi connectivity index (χ1v) is 4.71. The standard InChI is InChI=1S/C12H12O4/c1-8-2-4-9(5-3-8)6-10(12(15)16)7-11(13)14/h2-6H,7H2,1H3,(H,13,14)(H,15,16). The lowest BCUT2D eigenvalue weighted by Crippen LogP contribution is -2.06. The zero-order valence-corrected chi connectivity index (χ0v) is 8.80. The molecule has 0 unspecified atom stereocenters. The van der Waals surface area contributed by atoms with E-state index in [2.05, 4.69) is 0 Å². The Morgan fingerprint density at radius 1 is 1.19 bits per heavy atom. The number of aryl methyl sites for hydroxylation is 1. The highest BCUT2D eigenvalue weighted by Crippen LogP contribution is 2.11. The molecule has 4 heteroatoms. The third-order valence-electron chi connectivity index (χ3n) is 2.03. The Bertz CT molecular complexity index is 429. The summed E-state index contributed by atoms with van der Waals surface area (Å²) in [5, 5.41) is 17.4. The molecule has 0 saturated heterocycles. The van der Waals surface area contributed by atoms with E-state index in [9.17, 15) is 9.59 Å². The maximum atomic E-state index is 10.8. The maximum Gasteiger partial charge on any atom is 0.332 e. The molecule has 0 aliphatic carbocycles. The van der Waals surface area contributed by atoms with E-state index in [-0.39, 0.29) is 5.57 Å². The van der Waals surface area contributed by atoms with Gasteiger partial charge in [0.25, 0.3) is 0 Å². The first kappa shape index (κ1) is 12.0. The monoisotopic (exact) mass is 220 g/mol. The smallest absolute Gasteiger partial charge is 0.332 e. The quantitative estimate of drug-likeness (QED) is 0.760. The Kier molecular flexibility index (Phi) is 3.83. The molecule has 0 fully saturated rings. The Morgan fingerprint density at radius 2 is 1.75 bits per heavy atom. The molecule has 1 aromatic rings. The van der Waals surface area contributed by atoms with E-state index < -0.39 is 18.4 Å². The molecule has 0 aliphatic heterocycles. The van der Waals surface area contributed by atoms with Crippen molar-refractivity contribution in [3.05, 3.63) is 41.0 Å². The fraction of sp³-hybridized carbons (Fsp3) is 0.167. The lowest BCUT2D eigenvalue weighted by atomic mass is 10.1. The fourth-order valence-electron chi connectivity index (χ4n) is 1.22. The number of benzene rings is 1. The van der Waals surface area contributed by atoms with Gasteiger partial charge in [0, 0.05) is 5.57 Å². The minimum absolute atomic E-state index is 0.128. The third kappa shape index (κ3) is 3.57. The Labute approximate surface area is 92.8 Å². The molecule has 0 aromatic heterocycles. The minimum atomic E-state index is -1.21. The SMILES string of the molecule is Cc1ccc(C=C(CC(=O)O)C(=O)O)cc1. The van der Waals surface area contributed by atoms with Crippen LogP contribution in [0.2, 0.25) is 0 Å². The molecule has 0 spiro atoms. The molecule has 0 aliphatic rings. The largest absolute Gasteiger partial charge is 0.481 e. The molecular formula is C12H12O4. The van der Waals surface area contributed by atoms with E-state index >= 15 is 0 Å². The van der Waals surface area contributed by atoms with Crippen LogP contribution in [-0.2, 0) is 9.59 Å². The lowest BCUT2D eigenvalue weighted by molar-refractivity contribution is -0.139. The van der Waals surface area contributed by atoms with Gasteiger partial charge in [0.15, 0.2) is 0 Å². The maximum absolute atomic E-state index is 10.8. The Balaban J connectivity index is 2.97. The van der Waals surface area contributed by atoms with Crippen LogP contribution in [0.1, 0.15) is 17.5 Å². The van der Waals surface area contributed by atoms with Gasteiger partial charge in [-0.15, -0.1) is 0 Å². The minimum Gasteiger partial charge on any atom is -0.481 e. The molecule has 1 aromatic carbocycles. The predicted octanol–water partition coefficient (Wildman–Crippen LogP) is 1.94. The lowest BCUT2D eigenvalue weighted by Gasteiger charge is -1.99. The van der Waals surface area contributed by atoms with Gasteiger partial charge in [-0.1, -0.05) is 29.8 Å². The molecule has 0 saturated carbocycles. The van der Waals surface area contributed by atoms with Crippen LogP contribution in [0, 0.1) is 6.92 Å². The highest BCUT2D eigenvalue weighted by Gasteiger charge is 2.11. The Hall–Kier alpha value is -2.10. The summed E-state index contributed by atoms with van der Waals surface area (Å²) < 4.78 is 0. The zero-order valence-electron chi connectivity index (χ0n) is 8.80. The van der Waals surface area contributed by atoms with Crippen molar-refractivity contribution in [2.45, 2.75) is 13.3 Å². The van der Waals surface area contributed by atoms with Crippen molar-refractivity contribution in [2.24, 2.45) is 0 Å². The van der Waals surface area contributed by atoms with E-state index in [0.717, 1.165) is 5.56 Å². The molecule has 1 rings (SSSR count). The summed E-state index contributed by atoms with van der Waals surface area (Å²) in [4.78, 5) is 21.2. The topological polar surface area (TPSA) is 74.6 Å². The van der Waals surface area contributed by atoms with Gasteiger partial charge in [0.05, 0.1) is 6.42 Å². The fourth-order valence-corrected chi connectivity index (χ4v) is 1.22. The second-order valence-corrected chi connectivity index (χ2v) is 3.46. The Morgan fingerprint density at radius 3 is 2.19 bits per heavy atom. The van der Waals surface area contributed by atoms with Crippen LogP contribution in [0.5, 0.6) is 0 Å². The molecule has 0 atom stereocenters. The molecule has 2 N–H and O–H groups in total. The summed E-state index contributed by atoms with van der Waals surface area (Å²) >= 11 is 0. The summed E-state index contributed by atoms with van der Waals surface area (Å²) in [6, 6.07) is 7.18. The second-order valence-electron chi connectivity index (χ2n) is 3.46. The van der Waals surface area contributed by atoms with E-state index in [0.29, 0.717) is 5.56 Å². The number of hydrogen-bond donors (Lipinski definition) is 2. The number of carbonyl (C=O) groups is 2. The molecule has 0 bridgehead atoms. The van der Waals surface area contributed by atoms with Crippen LogP contribution in [0.25, 0.3) is 6.08 Å². The van der Waals surface area contributed by atoms with E-state index in [4.69, 9.17) is 10.2 Å². The van der Waals surface area contributed by atoms with Crippen LogP contribution >= 0.6 is 0 Å². The van der Waals surface area contributed by atoms with Crippen LogP contribution in [-0.4, -0.2) is 22.2 Å². The van der Waals surface area contributed by atoms with Crippen molar-refractivity contribution in [2.75, 3.05) is 0 Å². The van der Waals surface area contributed by atoms with E-state index in [1.54, 1.807) is 12.1 Å². The first-order valence-electron chi connectivity index (χ1n) is 4.71. The van der Waals surface area contributed by atoms with Crippen LogP contribution in [0.3, 0.4) is 0 Å². The molecule has 84 valence electrons. The summed E-state index contributed by atoms with van der Waals surface area (Å²) in [6.45, 7) is 1.92. The van der Waals surface area contributed by atoms with Crippen molar-refractivity contribution in [1.82, 2.24) is 0 Å². The average Bonchev–Trinajstić information content (AvgIpc) is 2.19. The highest BCUT2D eigenvalue weighted by atomic mass is 16.4. The average molecular weight is 220 g/mol. The van der Waals surface area contributed by atoms with Gasteiger partial charge in [-0.25, -0.2) is 4.79 Å². The van der Waals surface area contributed by atoms with Gasteiger partial charge >= 0.3 is 11.9 Å². The first-order chi connectivity index (χ1) is 7.49. The number of aliphatic carboxylic acids is 2. The van der Waals surface area contributed by atoms with Crippen molar-refractivity contribution in [3.8, 4) is 0 Å². The zero-order chi connectivity index (χ0) is 12.1. The molecular weight excluding hydrogens is 208 g/mol. The van der Waals surface area contributed by atoms with Crippen molar-refractivity contribution < 1.29 is 19.8 Å². The van der Waals surface area contributed by atoms with Gasteiger partial charge in [-0.05, 0) is 18.6 Å². The van der Waals surface area contributed by atoms with Crippen LogP contribution in [0.15, 0.2) is 29.8 Å². The van der Waals surface area contributed by atoms with E-state index in [1.165, 1.54) is 6.08 Å². The van der Waals surface area contributed by atoms with E-state index in [1.807, 2.05) is 19.1 Å². The van der Waals surface area contributed by atoms with Crippen molar-refractivity contribution >= 4 is 18.0 Å². The second kappa shape index (κ2) is 5.11. The highest BCUT2D eigenvalue weighted by molar-refractivity contribution is 5.96. The number of hydrogen-bond acceptors (Lipinski definition) is 2. The summed E-state index contributed by atoms with van der Waals surface area (Å²) in [7, 11) is 0. The van der Waals surface area contributed by atoms with Gasteiger partial charge in [0.1, 0.15) is 0 Å². The van der Waals surface area contributed by atoms with Gasteiger partial charge < -0.3 is 10.2 Å². The molecule has 0 heterocycles. The van der Waals surface area contributed by atoms with Gasteiger partial charge in [-0.3, -0.25) is 4.79 Å². The van der Waals surface area contributed by atoms with Crippen LogP contribution < -0.4 is 0 Å². The molecule has 0 amide bonds. The summed E-state index contributed by atoms with van der Waals surface area (Å²) in [5.41, 5.74) is 1.62. The number of carboxylic acid groups (broad SMARTS) is 2. The summed E-state index contributed by atoms with van der Waals surface area (Å²) in [6.07, 6.45) is 0.888. The summed E-state index contributed by atoms with van der Waals surface area (Å²) in [5.74, 6) is -2.36. The predicted molar refractivity (Wildman–Crippen MR) is 59.0 cm³/mol. The normalized spacial score (nSPS) is 11.2. The molecule has 16 heavy (non-hydrogen) atoms. The van der Waals surface area contributed by atoms with Gasteiger partial charge in [0.2, 0.25) is 0 Å². The number of carboxylic acids is 2. The van der Waals surface area contributed by atoms with Crippen molar-refractivity contribution in [1.29, 1.82) is 0 Å². The molecule has 0 radical (unpaired) electrons. The molecule has 4 nitrogen and oxygen atoms in total. The van der Waals surface area contributed by atoms with Gasteiger partial charge in [-0.2, -0.15) is 0 Å². The number of rotatable bonds is 4.